The number of aromatic nitrogens is 1. The number of halogens is 1. The molecular formula is C18H31ClN4. The van der Waals surface area contributed by atoms with Gasteiger partial charge < -0.3 is 10.2 Å². The van der Waals surface area contributed by atoms with Crippen LogP contribution in [0.1, 0.15) is 31.4 Å². The molecule has 1 aromatic heterocycles. The number of likely N-dealkylation sites (tertiary alicyclic amines) is 1. The number of nitrogens with one attached hydrogen (secondary N) is 1. The van der Waals surface area contributed by atoms with Gasteiger partial charge in [0.05, 0.1) is 0 Å². The van der Waals surface area contributed by atoms with Crippen molar-refractivity contribution in [2.75, 3.05) is 46.8 Å². The number of pyridine rings is 1. The highest BCUT2D eigenvalue weighted by molar-refractivity contribution is 5.85. The Balaban J connectivity index is 0.00000192. The number of hydrogen-bond donors (Lipinski definition) is 1. The molecule has 1 N–H and O–H groups in total. The van der Waals surface area contributed by atoms with Crippen molar-refractivity contribution in [3.8, 4) is 0 Å². The van der Waals surface area contributed by atoms with Crippen LogP contribution in [-0.2, 0) is 0 Å². The van der Waals surface area contributed by atoms with Crippen LogP contribution in [0, 0.1) is 11.3 Å². The van der Waals surface area contributed by atoms with Gasteiger partial charge in [0.25, 0.3) is 0 Å². The minimum Gasteiger partial charge on any atom is -0.316 e. The van der Waals surface area contributed by atoms with E-state index < -0.39 is 0 Å². The Labute approximate surface area is 147 Å². The van der Waals surface area contributed by atoms with Crippen LogP contribution in [0.2, 0.25) is 0 Å². The fourth-order valence-electron chi connectivity index (χ4n) is 4.42. The summed E-state index contributed by atoms with van der Waals surface area (Å²) >= 11 is 0. The number of rotatable bonds is 5. The summed E-state index contributed by atoms with van der Waals surface area (Å²) in [5, 5.41) is 3.51. The average molecular weight is 339 g/mol. The molecule has 130 valence electrons. The number of hydrogen-bond acceptors (Lipinski definition) is 4. The first-order chi connectivity index (χ1) is 10.6. The van der Waals surface area contributed by atoms with Crippen LogP contribution in [0.5, 0.6) is 0 Å². The fourth-order valence-corrected chi connectivity index (χ4v) is 4.42. The van der Waals surface area contributed by atoms with Crippen molar-refractivity contribution in [3.05, 3.63) is 30.1 Å². The van der Waals surface area contributed by atoms with E-state index in [2.05, 4.69) is 53.3 Å². The van der Waals surface area contributed by atoms with E-state index in [9.17, 15) is 0 Å². The van der Waals surface area contributed by atoms with E-state index in [-0.39, 0.29) is 12.4 Å². The summed E-state index contributed by atoms with van der Waals surface area (Å²) in [7, 11) is 4.54. The van der Waals surface area contributed by atoms with E-state index in [4.69, 9.17) is 0 Å². The van der Waals surface area contributed by atoms with Crippen LogP contribution in [0.4, 0.5) is 0 Å². The summed E-state index contributed by atoms with van der Waals surface area (Å²) in [6, 6.07) is 4.81. The van der Waals surface area contributed by atoms with Gasteiger partial charge in [-0.1, -0.05) is 13.0 Å². The molecule has 2 aliphatic heterocycles. The summed E-state index contributed by atoms with van der Waals surface area (Å²) in [4.78, 5) is 9.37. The molecule has 1 aromatic rings. The van der Waals surface area contributed by atoms with E-state index in [1.54, 1.807) is 0 Å². The fraction of sp³-hybridized carbons (Fsp3) is 0.722. The third-order valence-corrected chi connectivity index (χ3v) is 5.45. The third kappa shape index (κ3) is 4.44. The van der Waals surface area contributed by atoms with Gasteiger partial charge in [0, 0.05) is 38.1 Å². The lowest BCUT2D eigenvalue weighted by molar-refractivity contribution is 0.166. The molecule has 23 heavy (non-hydrogen) atoms. The smallest absolute Gasteiger partial charge is 0.0401 e. The standard InChI is InChI=1S/C18H30N4.ClH/c1-18(7-9-20-13-18)14-21(2)12-16-6-10-22(3)17(16)15-5-4-8-19-11-15;/h4-5,8,11,16-17,20H,6-7,9-10,12-14H2,1-3H3;1H/t16-,17-,18?;/m0./s1. The Morgan fingerprint density at radius 1 is 1.48 bits per heavy atom. The molecule has 2 aliphatic rings. The molecule has 0 aliphatic carbocycles. The minimum absolute atomic E-state index is 0. The molecule has 3 rings (SSSR count). The molecule has 2 fully saturated rings. The second-order valence-corrected chi connectivity index (χ2v) is 7.69. The van der Waals surface area contributed by atoms with E-state index in [1.807, 2.05) is 12.4 Å². The average Bonchev–Trinajstić information content (AvgIpc) is 3.06. The van der Waals surface area contributed by atoms with Crippen LogP contribution < -0.4 is 5.32 Å². The van der Waals surface area contributed by atoms with E-state index in [0.717, 1.165) is 6.54 Å². The zero-order valence-corrected chi connectivity index (χ0v) is 15.5. The van der Waals surface area contributed by atoms with Crippen LogP contribution in [0.25, 0.3) is 0 Å². The van der Waals surface area contributed by atoms with Gasteiger partial charge in [-0.25, -0.2) is 0 Å². The monoisotopic (exact) mass is 338 g/mol. The highest BCUT2D eigenvalue weighted by atomic mass is 35.5. The lowest BCUT2D eigenvalue weighted by atomic mass is 9.88. The van der Waals surface area contributed by atoms with Crippen LogP contribution in [-0.4, -0.2) is 61.6 Å². The molecule has 0 bridgehead atoms. The molecule has 0 saturated carbocycles. The Hall–Kier alpha value is -0.680. The van der Waals surface area contributed by atoms with Crippen molar-refractivity contribution in [2.24, 2.45) is 11.3 Å². The van der Waals surface area contributed by atoms with Gasteiger partial charge in [-0.3, -0.25) is 9.88 Å². The van der Waals surface area contributed by atoms with Gasteiger partial charge in [-0.05, 0) is 63.0 Å². The Bertz CT molecular complexity index is 475. The highest BCUT2D eigenvalue weighted by Gasteiger charge is 2.35. The molecule has 0 spiro atoms. The predicted molar refractivity (Wildman–Crippen MR) is 98.1 cm³/mol. The molecule has 0 amide bonds. The van der Waals surface area contributed by atoms with E-state index in [1.165, 1.54) is 44.6 Å². The SMILES string of the molecule is CN(C[C@@H]1CCN(C)[C@H]1c1cccnc1)CC1(C)CCNC1.Cl. The molecule has 0 radical (unpaired) electrons. The van der Waals surface area contributed by atoms with Crippen molar-refractivity contribution in [1.29, 1.82) is 0 Å². The van der Waals surface area contributed by atoms with Crippen molar-refractivity contribution in [1.82, 2.24) is 20.1 Å². The molecule has 4 nitrogen and oxygen atoms in total. The Morgan fingerprint density at radius 2 is 2.30 bits per heavy atom. The lowest BCUT2D eigenvalue weighted by Gasteiger charge is -2.33. The summed E-state index contributed by atoms with van der Waals surface area (Å²) < 4.78 is 0. The molecule has 1 unspecified atom stereocenters. The zero-order chi connectivity index (χ0) is 15.6. The number of nitrogens with zero attached hydrogens (tertiary/aromatic N) is 3. The van der Waals surface area contributed by atoms with E-state index >= 15 is 0 Å². The second-order valence-electron chi connectivity index (χ2n) is 7.69. The van der Waals surface area contributed by atoms with Gasteiger partial charge in [0.15, 0.2) is 0 Å². The van der Waals surface area contributed by atoms with Gasteiger partial charge >= 0.3 is 0 Å². The normalized spacial score (nSPS) is 31.5. The summed E-state index contributed by atoms with van der Waals surface area (Å²) in [5.74, 6) is 0.706. The molecule has 3 heterocycles. The first kappa shape index (κ1) is 18.7. The molecule has 0 aromatic carbocycles. The Morgan fingerprint density at radius 3 is 2.96 bits per heavy atom. The Kier molecular flexibility index (Phi) is 6.43. The minimum atomic E-state index is 0. The topological polar surface area (TPSA) is 31.4 Å². The molecule has 2 saturated heterocycles. The maximum absolute atomic E-state index is 4.32. The second kappa shape index (κ2) is 7.93. The largest absolute Gasteiger partial charge is 0.316 e. The zero-order valence-electron chi connectivity index (χ0n) is 14.7. The van der Waals surface area contributed by atoms with E-state index in [0.29, 0.717) is 17.4 Å². The molecule has 5 heteroatoms. The first-order valence-corrected chi connectivity index (χ1v) is 8.57. The molecule has 3 atom stereocenters. The van der Waals surface area contributed by atoms with Gasteiger partial charge in [0.1, 0.15) is 0 Å². The maximum Gasteiger partial charge on any atom is 0.0401 e. The van der Waals surface area contributed by atoms with Gasteiger partial charge in [0.2, 0.25) is 0 Å². The maximum atomic E-state index is 4.32. The lowest BCUT2D eigenvalue weighted by Crippen LogP contribution is -2.38. The summed E-state index contributed by atoms with van der Waals surface area (Å²) in [6.45, 7) is 8.32. The van der Waals surface area contributed by atoms with Crippen molar-refractivity contribution < 1.29 is 0 Å². The first-order valence-electron chi connectivity index (χ1n) is 8.57. The summed E-state index contributed by atoms with van der Waals surface area (Å²) in [5.41, 5.74) is 1.82. The van der Waals surface area contributed by atoms with Crippen molar-refractivity contribution >= 4 is 12.4 Å². The van der Waals surface area contributed by atoms with Crippen LogP contribution >= 0.6 is 12.4 Å². The van der Waals surface area contributed by atoms with Crippen molar-refractivity contribution in [2.45, 2.75) is 25.8 Å². The third-order valence-electron chi connectivity index (χ3n) is 5.45. The molecular weight excluding hydrogens is 308 g/mol. The van der Waals surface area contributed by atoms with Crippen LogP contribution in [0.15, 0.2) is 24.5 Å². The summed E-state index contributed by atoms with van der Waals surface area (Å²) in [6.07, 6.45) is 6.50. The van der Waals surface area contributed by atoms with Crippen molar-refractivity contribution in [3.63, 3.8) is 0 Å². The predicted octanol–water partition coefficient (Wildman–Crippen LogP) is 2.43. The quantitative estimate of drug-likeness (QED) is 0.893. The van der Waals surface area contributed by atoms with Crippen LogP contribution in [0.3, 0.4) is 0 Å². The highest BCUT2D eigenvalue weighted by Crippen LogP contribution is 2.36. The van der Waals surface area contributed by atoms with Gasteiger partial charge in [-0.2, -0.15) is 0 Å². The van der Waals surface area contributed by atoms with Gasteiger partial charge in [-0.15, -0.1) is 12.4 Å².